The van der Waals surface area contributed by atoms with Gasteiger partial charge in [0, 0.05) is 36.6 Å². The van der Waals surface area contributed by atoms with E-state index >= 15 is 0 Å². The van der Waals surface area contributed by atoms with Gasteiger partial charge in [0.2, 0.25) is 0 Å². The summed E-state index contributed by atoms with van der Waals surface area (Å²) in [7, 11) is 0. The van der Waals surface area contributed by atoms with E-state index in [4.69, 9.17) is 9.72 Å². The molecule has 4 aromatic rings. The molecule has 0 bridgehead atoms. The molecule has 0 atom stereocenters. The zero-order chi connectivity index (χ0) is 18.2. The third kappa shape index (κ3) is 3.46. The quantitative estimate of drug-likeness (QED) is 0.572. The summed E-state index contributed by atoms with van der Waals surface area (Å²) in [4.78, 5) is 11.6. The standard InChI is InChI=1S/C21H21N5O.ClH/c1-14-11-19(20-16-3-2-6-22-21(16)25-24-20)23-18-5-4-15(12-17(14)18)13-26-7-9-27-10-8-26;/h2-6,11-12H,7-10,13H2,1H3,(H,22,24,25);1H. The average Bonchev–Trinajstić information content (AvgIpc) is 3.13. The van der Waals surface area contributed by atoms with E-state index in [9.17, 15) is 0 Å². The number of pyridine rings is 2. The Balaban J connectivity index is 0.00000192. The Kier molecular flexibility index (Phi) is 5.26. The first-order valence-electron chi connectivity index (χ1n) is 9.28. The lowest BCUT2D eigenvalue weighted by Gasteiger charge is -2.26. The van der Waals surface area contributed by atoms with E-state index in [1.165, 1.54) is 16.5 Å². The summed E-state index contributed by atoms with van der Waals surface area (Å²) >= 11 is 0. The smallest absolute Gasteiger partial charge is 0.181 e. The van der Waals surface area contributed by atoms with Crippen molar-refractivity contribution in [2.75, 3.05) is 26.3 Å². The lowest BCUT2D eigenvalue weighted by Crippen LogP contribution is -2.35. The van der Waals surface area contributed by atoms with Crippen LogP contribution in [0.2, 0.25) is 0 Å². The van der Waals surface area contributed by atoms with Crippen LogP contribution in [0.15, 0.2) is 42.6 Å². The van der Waals surface area contributed by atoms with Crippen molar-refractivity contribution in [2.45, 2.75) is 13.5 Å². The van der Waals surface area contributed by atoms with Crippen LogP contribution in [0.3, 0.4) is 0 Å². The molecule has 0 unspecified atom stereocenters. The number of aromatic amines is 1. The highest BCUT2D eigenvalue weighted by atomic mass is 35.5. The van der Waals surface area contributed by atoms with Crippen molar-refractivity contribution < 1.29 is 4.74 Å². The molecule has 0 aliphatic carbocycles. The SMILES string of the molecule is Cc1cc(-c2[nH]nc3ncccc23)nc2ccc(CN3CCOCC3)cc12.Cl. The molecule has 28 heavy (non-hydrogen) atoms. The van der Waals surface area contributed by atoms with Gasteiger partial charge < -0.3 is 4.74 Å². The van der Waals surface area contributed by atoms with Crippen molar-refractivity contribution in [2.24, 2.45) is 0 Å². The molecule has 3 aromatic heterocycles. The lowest BCUT2D eigenvalue weighted by molar-refractivity contribution is 0.0342. The number of ether oxygens (including phenoxy) is 1. The van der Waals surface area contributed by atoms with Gasteiger partial charge in [-0.3, -0.25) is 10.00 Å². The minimum atomic E-state index is 0. The number of benzene rings is 1. The van der Waals surface area contributed by atoms with Crippen molar-refractivity contribution in [3.05, 3.63) is 53.7 Å². The first-order valence-corrected chi connectivity index (χ1v) is 9.28. The molecule has 0 saturated carbocycles. The number of aromatic nitrogens is 4. The van der Waals surface area contributed by atoms with Gasteiger partial charge in [0.25, 0.3) is 0 Å². The largest absolute Gasteiger partial charge is 0.379 e. The highest BCUT2D eigenvalue weighted by molar-refractivity contribution is 5.92. The van der Waals surface area contributed by atoms with Crippen LogP contribution in [0.1, 0.15) is 11.1 Å². The van der Waals surface area contributed by atoms with Crippen molar-refractivity contribution in [3.8, 4) is 11.4 Å². The molecule has 1 saturated heterocycles. The Morgan fingerprint density at radius 2 is 1.96 bits per heavy atom. The van der Waals surface area contributed by atoms with Crippen molar-refractivity contribution in [1.29, 1.82) is 0 Å². The molecule has 1 fully saturated rings. The zero-order valence-corrected chi connectivity index (χ0v) is 16.5. The average molecular weight is 396 g/mol. The molecule has 1 N–H and O–H groups in total. The molecule has 144 valence electrons. The van der Waals surface area contributed by atoms with Gasteiger partial charge in [-0.15, -0.1) is 12.4 Å². The van der Waals surface area contributed by atoms with Gasteiger partial charge in [-0.1, -0.05) is 6.07 Å². The van der Waals surface area contributed by atoms with Crippen LogP contribution >= 0.6 is 12.4 Å². The van der Waals surface area contributed by atoms with Crippen LogP contribution in [-0.2, 0) is 11.3 Å². The van der Waals surface area contributed by atoms with Gasteiger partial charge in [-0.25, -0.2) is 9.97 Å². The third-order valence-corrected chi connectivity index (χ3v) is 5.18. The number of aryl methyl sites for hydroxylation is 1. The molecule has 5 rings (SSSR count). The molecular formula is C21H22ClN5O. The number of nitrogens with zero attached hydrogens (tertiary/aromatic N) is 4. The van der Waals surface area contributed by atoms with Crippen LogP contribution in [0.25, 0.3) is 33.3 Å². The van der Waals surface area contributed by atoms with Gasteiger partial charge in [-0.05, 0) is 48.4 Å². The number of halogens is 1. The molecule has 1 aliphatic rings. The Morgan fingerprint density at radius 3 is 2.82 bits per heavy atom. The number of H-pyrrole nitrogens is 1. The fourth-order valence-electron chi connectivity index (χ4n) is 3.73. The maximum absolute atomic E-state index is 5.44. The fraction of sp³-hybridized carbons (Fsp3) is 0.286. The predicted molar refractivity (Wildman–Crippen MR) is 113 cm³/mol. The molecule has 4 heterocycles. The highest BCUT2D eigenvalue weighted by Crippen LogP contribution is 2.28. The van der Waals surface area contributed by atoms with Crippen LogP contribution in [0, 0.1) is 6.92 Å². The van der Waals surface area contributed by atoms with E-state index < -0.39 is 0 Å². The maximum Gasteiger partial charge on any atom is 0.181 e. The lowest BCUT2D eigenvalue weighted by atomic mass is 10.0. The number of rotatable bonds is 3. The zero-order valence-electron chi connectivity index (χ0n) is 15.7. The van der Waals surface area contributed by atoms with E-state index in [-0.39, 0.29) is 12.4 Å². The van der Waals surface area contributed by atoms with E-state index in [1.54, 1.807) is 6.20 Å². The first kappa shape index (κ1) is 18.8. The molecular weight excluding hydrogens is 374 g/mol. The topological polar surface area (TPSA) is 66.9 Å². The van der Waals surface area contributed by atoms with Gasteiger partial charge in [0.05, 0.1) is 30.1 Å². The summed E-state index contributed by atoms with van der Waals surface area (Å²) in [5, 5.41) is 9.58. The van der Waals surface area contributed by atoms with Crippen molar-refractivity contribution >= 4 is 34.3 Å². The van der Waals surface area contributed by atoms with Gasteiger partial charge >= 0.3 is 0 Å². The van der Waals surface area contributed by atoms with Crippen LogP contribution < -0.4 is 0 Å². The van der Waals surface area contributed by atoms with Crippen molar-refractivity contribution in [3.63, 3.8) is 0 Å². The second kappa shape index (κ2) is 7.83. The molecule has 6 nitrogen and oxygen atoms in total. The van der Waals surface area contributed by atoms with Gasteiger partial charge in [0.15, 0.2) is 5.65 Å². The van der Waals surface area contributed by atoms with Crippen LogP contribution in [0.4, 0.5) is 0 Å². The number of morpholine rings is 1. The Labute approximate surface area is 169 Å². The Hall–Kier alpha value is -2.54. The molecule has 0 radical (unpaired) electrons. The molecule has 0 amide bonds. The number of nitrogens with one attached hydrogen (secondary N) is 1. The Bertz CT molecular complexity index is 1120. The highest BCUT2D eigenvalue weighted by Gasteiger charge is 2.14. The molecule has 1 aromatic carbocycles. The van der Waals surface area contributed by atoms with Gasteiger partial charge in [0.1, 0.15) is 0 Å². The minimum absolute atomic E-state index is 0. The van der Waals surface area contributed by atoms with Crippen molar-refractivity contribution in [1.82, 2.24) is 25.1 Å². The third-order valence-electron chi connectivity index (χ3n) is 5.18. The summed E-state index contributed by atoms with van der Waals surface area (Å²) in [5.41, 5.74) is 6.07. The second-order valence-electron chi connectivity index (χ2n) is 7.04. The molecule has 0 spiro atoms. The fourth-order valence-corrected chi connectivity index (χ4v) is 3.73. The molecule has 1 aliphatic heterocycles. The second-order valence-corrected chi connectivity index (χ2v) is 7.04. The monoisotopic (exact) mass is 395 g/mol. The van der Waals surface area contributed by atoms with E-state index in [1.807, 2.05) is 12.1 Å². The van der Waals surface area contributed by atoms with Gasteiger partial charge in [-0.2, -0.15) is 5.10 Å². The van der Waals surface area contributed by atoms with E-state index in [0.29, 0.717) is 5.65 Å². The van der Waals surface area contributed by atoms with E-state index in [2.05, 4.69) is 51.3 Å². The molecule has 7 heteroatoms. The minimum Gasteiger partial charge on any atom is -0.379 e. The number of fused-ring (bicyclic) bond motifs is 2. The first-order chi connectivity index (χ1) is 13.3. The summed E-state index contributed by atoms with van der Waals surface area (Å²) in [6.07, 6.45) is 1.75. The predicted octanol–water partition coefficient (Wildman–Crippen LogP) is 3.74. The van der Waals surface area contributed by atoms with E-state index in [0.717, 1.165) is 55.1 Å². The number of hydrogen-bond acceptors (Lipinski definition) is 5. The van der Waals surface area contributed by atoms with Crippen LogP contribution in [0.5, 0.6) is 0 Å². The van der Waals surface area contributed by atoms with Crippen LogP contribution in [-0.4, -0.2) is 51.4 Å². The summed E-state index contributed by atoms with van der Waals surface area (Å²) in [6.45, 7) is 6.74. The summed E-state index contributed by atoms with van der Waals surface area (Å²) in [5.74, 6) is 0. The summed E-state index contributed by atoms with van der Waals surface area (Å²) < 4.78 is 5.44. The normalized spacial score (nSPS) is 15.0. The summed E-state index contributed by atoms with van der Waals surface area (Å²) in [6, 6.07) is 12.6. The number of hydrogen-bond donors (Lipinski definition) is 1. The maximum atomic E-state index is 5.44. The Morgan fingerprint density at radius 1 is 1.11 bits per heavy atom.